The highest BCUT2D eigenvalue weighted by Crippen LogP contribution is 2.24. The summed E-state index contributed by atoms with van der Waals surface area (Å²) in [5, 5.41) is 0. The zero-order valence-electron chi connectivity index (χ0n) is 7.66. The molecule has 2 N–H and O–H groups in total. The van der Waals surface area contributed by atoms with Crippen molar-refractivity contribution in [3.05, 3.63) is 29.8 Å². The molecule has 0 spiro atoms. The van der Waals surface area contributed by atoms with Gasteiger partial charge in [0.1, 0.15) is 5.75 Å². The first kappa shape index (κ1) is 12.2. The molecule has 0 radical (unpaired) electrons. The Hall–Kier alpha value is -0.880. The first-order chi connectivity index (χ1) is 6.92. The maximum atomic E-state index is 11.8. The average Bonchev–Trinajstić information content (AvgIpc) is 2.15. The molecule has 6 heteroatoms. The van der Waals surface area contributed by atoms with Crippen LogP contribution >= 0.6 is 12.6 Å². The zero-order valence-corrected chi connectivity index (χ0v) is 8.55. The van der Waals surface area contributed by atoms with Gasteiger partial charge in [-0.2, -0.15) is 12.6 Å². The Balaban J connectivity index is 2.72. The molecule has 0 bridgehead atoms. The van der Waals surface area contributed by atoms with Crippen LogP contribution < -0.4 is 10.5 Å². The second-order valence-corrected chi connectivity index (χ2v) is 3.27. The van der Waals surface area contributed by atoms with Gasteiger partial charge in [0, 0.05) is 11.8 Å². The van der Waals surface area contributed by atoms with Crippen LogP contribution in [0.25, 0.3) is 0 Å². The third-order valence-corrected chi connectivity index (χ3v) is 2.13. The van der Waals surface area contributed by atoms with E-state index in [0.29, 0.717) is 5.75 Å². The number of hydrogen-bond donors (Lipinski definition) is 2. The van der Waals surface area contributed by atoms with Gasteiger partial charge in [-0.3, -0.25) is 0 Å². The van der Waals surface area contributed by atoms with Crippen molar-refractivity contribution in [3.8, 4) is 5.75 Å². The van der Waals surface area contributed by atoms with Crippen LogP contribution in [0.1, 0.15) is 11.6 Å². The molecule has 0 aliphatic heterocycles. The van der Waals surface area contributed by atoms with Crippen LogP contribution in [0.3, 0.4) is 0 Å². The molecule has 0 fully saturated rings. The van der Waals surface area contributed by atoms with Crippen LogP contribution in [0, 0.1) is 0 Å². The Morgan fingerprint density at radius 2 is 1.80 bits per heavy atom. The second-order valence-electron chi connectivity index (χ2n) is 2.91. The van der Waals surface area contributed by atoms with Crippen molar-refractivity contribution in [1.29, 1.82) is 0 Å². The van der Waals surface area contributed by atoms with Crippen LogP contribution in [0.5, 0.6) is 5.75 Å². The fraction of sp³-hybridized carbons (Fsp3) is 0.333. The van der Waals surface area contributed by atoms with Gasteiger partial charge in [-0.05, 0) is 17.7 Å². The molecule has 2 nitrogen and oxygen atoms in total. The van der Waals surface area contributed by atoms with Crippen molar-refractivity contribution < 1.29 is 17.9 Å². The fourth-order valence-electron chi connectivity index (χ4n) is 1.02. The summed E-state index contributed by atoms with van der Waals surface area (Å²) in [6, 6.07) is 5.15. The second kappa shape index (κ2) is 4.76. The molecule has 1 aromatic rings. The van der Waals surface area contributed by atoms with E-state index in [1.165, 1.54) is 24.3 Å². The van der Waals surface area contributed by atoms with E-state index >= 15 is 0 Å². The van der Waals surface area contributed by atoms with E-state index in [9.17, 15) is 13.2 Å². The lowest BCUT2D eigenvalue weighted by atomic mass is 10.1. The van der Waals surface area contributed by atoms with Crippen molar-refractivity contribution in [1.82, 2.24) is 0 Å². The minimum atomic E-state index is -4.66. The first-order valence-electron chi connectivity index (χ1n) is 4.14. The van der Waals surface area contributed by atoms with E-state index in [-0.39, 0.29) is 11.8 Å². The van der Waals surface area contributed by atoms with Gasteiger partial charge < -0.3 is 10.5 Å². The molecule has 0 heterocycles. The number of alkyl halides is 3. The predicted octanol–water partition coefficient (Wildman–Crippen LogP) is 2.51. The fourth-order valence-corrected chi connectivity index (χ4v) is 1.23. The quantitative estimate of drug-likeness (QED) is 0.792. The summed E-state index contributed by atoms with van der Waals surface area (Å²) >= 11 is 3.99. The Labute approximate surface area is 90.6 Å². The number of thiol groups is 1. The smallest absolute Gasteiger partial charge is 0.406 e. The number of nitrogens with two attached hydrogens (primary N) is 1. The summed E-state index contributed by atoms with van der Waals surface area (Å²) in [6.07, 6.45) is -4.66. The van der Waals surface area contributed by atoms with Crippen LogP contribution in [0.4, 0.5) is 13.2 Å². The topological polar surface area (TPSA) is 35.2 Å². The van der Waals surface area contributed by atoms with Gasteiger partial charge >= 0.3 is 6.36 Å². The number of ether oxygens (including phenoxy) is 1. The van der Waals surface area contributed by atoms with E-state index in [1.54, 1.807) is 0 Å². The number of rotatable bonds is 3. The minimum Gasteiger partial charge on any atom is -0.406 e. The molecule has 1 rings (SSSR count). The van der Waals surface area contributed by atoms with E-state index in [4.69, 9.17) is 5.73 Å². The molecular weight excluding hydrogens is 227 g/mol. The van der Waals surface area contributed by atoms with Crippen LogP contribution in [0.2, 0.25) is 0 Å². The van der Waals surface area contributed by atoms with E-state index < -0.39 is 6.36 Å². The van der Waals surface area contributed by atoms with Gasteiger partial charge in [-0.25, -0.2) is 0 Å². The summed E-state index contributed by atoms with van der Waals surface area (Å²) in [5.74, 6) is 0.178. The molecule has 1 unspecified atom stereocenters. The minimum absolute atomic E-state index is 0.252. The summed E-state index contributed by atoms with van der Waals surface area (Å²) < 4.78 is 39.1. The molecule has 0 aliphatic carbocycles. The molecule has 0 amide bonds. The molecule has 1 atom stereocenters. The Kier molecular flexibility index (Phi) is 3.87. The van der Waals surface area contributed by atoms with Crippen molar-refractivity contribution >= 4 is 12.6 Å². The van der Waals surface area contributed by atoms with Crippen LogP contribution in [-0.4, -0.2) is 12.1 Å². The summed E-state index contributed by atoms with van der Waals surface area (Å²) in [4.78, 5) is 0. The standard InChI is InChI=1S/C9H10F3NOS/c10-9(11,12)14-7-3-1-6(2-4-7)8(13)5-15/h1-4,8,15H,5,13H2. The van der Waals surface area contributed by atoms with Gasteiger partial charge in [0.05, 0.1) is 0 Å². The third kappa shape index (κ3) is 4.01. The molecular formula is C9H10F3NOS. The lowest BCUT2D eigenvalue weighted by Crippen LogP contribution is -2.17. The maximum Gasteiger partial charge on any atom is 0.573 e. The highest BCUT2D eigenvalue weighted by atomic mass is 32.1. The lowest BCUT2D eigenvalue weighted by molar-refractivity contribution is -0.274. The van der Waals surface area contributed by atoms with Crippen molar-refractivity contribution in [2.24, 2.45) is 5.73 Å². The Bertz CT molecular complexity index is 312. The highest BCUT2D eigenvalue weighted by molar-refractivity contribution is 7.80. The van der Waals surface area contributed by atoms with Gasteiger partial charge in [-0.1, -0.05) is 12.1 Å². The van der Waals surface area contributed by atoms with Crippen molar-refractivity contribution in [2.45, 2.75) is 12.4 Å². The van der Waals surface area contributed by atoms with Crippen LogP contribution in [0.15, 0.2) is 24.3 Å². The third-order valence-electron chi connectivity index (χ3n) is 1.74. The largest absolute Gasteiger partial charge is 0.573 e. The van der Waals surface area contributed by atoms with Gasteiger partial charge in [0.25, 0.3) is 0 Å². The first-order valence-corrected chi connectivity index (χ1v) is 4.78. The van der Waals surface area contributed by atoms with Crippen molar-refractivity contribution in [3.63, 3.8) is 0 Å². The molecule has 0 aliphatic rings. The predicted molar refractivity (Wildman–Crippen MR) is 53.9 cm³/mol. The normalized spacial score (nSPS) is 13.7. The maximum absolute atomic E-state index is 11.8. The molecule has 0 saturated heterocycles. The highest BCUT2D eigenvalue weighted by Gasteiger charge is 2.30. The van der Waals surface area contributed by atoms with Gasteiger partial charge in [-0.15, -0.1) is 13.2 Å². The lowest BCUT2D eigenvalue weighted by Gasteiger charge is -2.11. The monoisotopic (exact) mass is 237 g/mol. The zero-order chi connectivity index (χ0) is 11.5. The average molecular weight is 237 g/mol. The summed E-state index contributed by atoms with van der Waals surface area (Å²) in [5.41, 5.74) is 6.35. The summed E-state index contributed by atoms with van der Waals surface area (Å²) in [6.45, 7) is 0. The number of benzene rings is 1. The summed E-state index contributed by atoms with van der Waals surface area (Å²) in [7, 11) is 0. The molecule has 84 valence electrons. The number of halogens is 3. The van der Waals surface area contributed by atoms with Crippen LogP contribution in [-0.2, 0) is 0 Å². The van der Waals surface area contributed by atoms with Crippen molar-refractivity contribution in [2.75, 3.05) is 5.75 Å². The van der Waals surface area contributed by atoms with E-state index in [0.717, 1.165) is 5.56 Å². The molecule has 15 heavy (non-hydrogen) atoms. The SMILES string of the molecule is NC(CS)c1ccc(OC(F)(F)F)cc1. The van der Waals surface area contributed by atoms with E-state index in [1.807, 2.05) is 0 Å². The Morgan fingerprint density at radius 1 is 1.27 bits per heavy atom. The molecule has 0 aromatic heterocycles. The number of hydrogen-bond acceptors (Lipinski definition) is 3. The molecule has 0 saturated carbocycles. The molecule has 1 aromatic carbocycles. The van der Waals surface area contributed by atoms with Gasteiger partial charge in [0.15, 0.2) is 0 Å². The van der Waals surface area contributed by atoms with E-state index in [2.05, 4.69) is 17.4 Å². The Morgan fingerprint density at radius 3 is 2.20 bits per heavy atom. The van der Waals surface area contributed by atoms with Gasteiger partial charge in [0.2, 0.25) is 0 Å².